The van der Waals surface area contributed by atoms with Crippen LogP contribution in [0, 0.1) is 16.7 Å². The molecule has 0 unspecified atom stereocenters. The number of carboxylic acids is 1. The van der Waals surface area contributed by atoms with Crippen LogP contribution in [0.15, 0.2) is 0 Å². The summed E-state index contributed by atoms with van der Waals surface area (Å²) in [5.41, 5.74) is -1.29. The molecule has 0 amide bonds. The molecule has 1 N–H and O–H groups in total. The van der Waals surface area contributed by atoms with Crippen LogP contribution in [0.3, 0.4) is 0 Å². The summed E-state index contributed by atoms with van der Waals surface area (Å²) < 4.78 is 5.27. The van der Waals surface area contributed by atoms with E-state index >= 15 is 0 Å². The van der Waals surface area contributed by atoms with E-state index in [1.54, 1.807) is 27.7 Å². The van der Waals surface area contributed by atoms with Gasteiger partial charge in [0.2, 0.25) is 0 Å². The summed E-state index contributed by atoms with van der Waals surface area (Å²) >= 11 is 0. The molecule has 0 aromatic carbocycles. The highest BCUT2D eigenvalue weighted by atomic mass is 16.6. The lowest BCUT2D eigenvalue weighted by Gasteiger charge is -2.30. The highest BCUT2D eigenvalue weighted by molar-refractivity contribution is 5.71. The molecule has 0 bridgehead atoms. The third kappa shape index (κ3) is 7.66. The first-order chi connectivity index (χ1) is 8.08. The molecule has 0 aliphatic heterocycles. The molecule has 0 aliphatic rings. The molecule has 18 heavy (non-hydrogen) atoms. The van der Waals surface area contributed by atoms with Crippen molar-refractivity contribution in [2.75, 3.05) is 0 Å². The lowest BCUT2D eigenvalue weighted by Crippen LogP contribution is -2.33. The average molecular weight is 255 g/mol. The molecule has 0 aliphatic carbocycles. The van der Waals surface area contributed by atoms with Crippen molar-refractivity contribution in [1.29, 1.82) is 5.26 Å². The Kier molecular flexibility index (Phi) is 5.83. The smallest absolute Gasteiger partial charge is 0.306 e. The van der Waals surface area contributed by atoms with E-state index in [0.29, 0.717) is 6.42 Å². The molecule has 0 fully saturated rings. The predicted octanol–water partition coefficient (Wildman–Crippen LogP) is 2.50. The third-order valence-electron chi connectivity index (χ3n) is 2.33. The number of rotatable bonds is 7. The number of carboxylic acid groups (broad SMARTS) is 1. The van der Waals surface area contributed by atoms with Gasteiger partial charge in [-0.05, 0) is 34.1 Å². The van der Waals surface area contributed by atoms with E-state index in [1.807, 2.05) is 0 Å². The van der Waals surface area contributed by atoms with Crippen molar-refractivity contribution in [1.82, 2.24) is 0 Å². The molecule has 0 radical (unpaired) electrons. The van der Waals surface area contributed by atoms with Gasteiger partial charge < -0.3 is 9.84 Å². The zero-order valence-electron chi connectivity index (χ0n) is 11.4. The zero-order chi connectivity index (χ0) is 14.4. The van der Waals surface area contributed by atoms with Gasteiger partial charge in [-0.25, -0.2) is 0 Å². The highest BCUT2D eigenvalue weighted by Crippen LogP contribution is 2.29. The largest absolute Gasteiger partial charge is 0.481 e. The first kappa shape index (κ1) is 16.4. The molecule has 0 aromatic heterocycles. The monoisotopic (exact) mass is 255 g/mol. The summed E-state index contributed by atoms with van der Waals surface area (Å²) in [6.07, 6.45) is 0.745. The maximum Gasteiger partial charge on any atom is 0.306 e. The minimum Gasteiger partial charge on any atom is -0.481 e. The molecule has 102 valence electrons. The van der Waals surface area contributed by atoms with Crippen LogP contribution in [-0.2, 0) is 14.3 Å². The fourth-order valence-corrected chi connectivity index (χ4v) is 1.88. The Bertz CT molecular complexity index is 352. The zero-order valence-corrected chi connectivity index (χ0v) is 11.4. The van der Waals surface area contributed by atoms with Gasteiger partial charge in [0.25, 0.3) is 0 Å². The number of nitrogens with zero attached hydrogens (tertiary/aromatic N) is 1. The van der Waals surface area contributed by atoms with Crippen molar-refractivity contribution in [3.05, 3.63) is 0 Å². The number of carbonyl (C=O) groups is 2. The number of aliphatic carboxylic acids is 1. The van der Waals surface area contributed by atoms with E-state index in [4.69, 9.17) is 15.1 Å². The van der Waals surface area contributed by atoms with Gasteiger partial charge >= 0.3 is 11.9 Å². The number of nitriles is 1. The Labute approximate surface area is 108 Å². The van der Waals surface area contributed by atoms with Crippen LogP contribution in [0.5, 0.6) is 0 Å². The van der Waals surface area contributed by atoms with Crippen molar-refractivity contribution >= 4 is 11.9 Å². The third-order valence-corrected chi connectivity index (χ3v) is 2.33. The lowest BCUT2D eigenvalue weighted by molar-refractivity contribution is -0.158. The molecule has 0 rings (SSSR count). The Hall–Kier alpha value is -1.57. The first-order valence-electron chi connectivity index (χ1n) is 5.93. The summed E-state index contributed by atoms with van der Waals surface area (Å²) in [6.45, 7) is 7.07. The van der Waals surface area contributed by atoms with Crippen molar-refractivity contribution < 1.29 is 19.4 Å². The molecular weight excluding hydrogens is 234 g/mol. The van der Waals surface area contributed by atoms with E-state index in [1.165, 1.54) is 0 Å². The second-order valence-corrected chi connectivity index (χ2v) is 5.65. The highest BCUT2D eigenvalue weighted by Gasteiger charge is 2.31. The summed E-state index contributed by atoms with van der Waals surface area (Å²) in [5, 5.41) is 17.4. The molecule has 5 heteroatoms. The van der Waals surface area contributed by atoms with Gasteiger partial charge in [0, 0.05) is 19.3 Å². The Balaban J connectivity index is 4.20. The minimum absolute atomic E-state index is 0.0424. The van der Waals surface area contributed by atoms with Crippen molar-refractivity contribution in [2.45, 2.75) is 59.0 Å². The van der Waals surface area contributed by atoms with Crippen LogP contribution < -0.4 is 0 Å². The molecule has 0 atom stereocenters. The molecular formula is C13H21NO4. The fraction of sp³-hybridized carbons (Fsp3) is 0.769. The topological polar surface area (TPSA) is 87.4 Å². The maximum atomic E-state index is 11.5. The Morgan fingerprint density at radius 1 is 1.22 bits per heavy atom. The van der Waals surface area contributed by atoms with Gasteiger partial charge in [-0.15, -0.1) is 0 Å². The van der Waals surface area contributed by atoms with Gasteiger partial charge in [0.05, 0.1) is 11.5 Å². The summed E-state index contributed by atoms with van der Waals surface area (Å²) in [4.78, 5) is 21.8. The summed E-state index contributed by atoms with van der Waals surface area (Å²) in [6, 6.07) is 2.16. The number of carbonyl (C=O) groups excluding carboxylic acids is 1. The average Bonchev–Trinajstić information content (AvgIpc) is 2.14. The summed E-state index contributed by atoms with van der Waals surface area (Å²) in [7, 11) is 0. The molecule has 0 spiro atoms. The molecule has 5 nitrogen and oxygen atoms in total. The van der Waals surface area contributed by atoms with E-state index < -0.39 is 23.0 Å². The maximum absolute atomic E-state index is 11.5. The normalized spacial score (nSPS) is 11.7. The Morgan fingerprint density at radius 3 is 2.22 bits per heavy atom. The van der Waals surface area contributed by atoms with Crippen molar-refractivity contribution in [3.8, 4) is 6.07 Å². The van der Waals surface area contributed by atoms with Crippen LogP contribution in [0.25, 0.3) is 0 Å². The number of esters is 1. The second-order valence-electron chi connectivity index (χ2n) is 5.65. The van der Waals surface area contributed by atoms with Crippen LogP contribution in [-0.4, -0.2) is 22.6 Å². The standard InChI is InChI=1S/C13H21NO4/c1-12(2,9-14)8-13(3,4)18-11(17)7-5-6-10(15)16/h5-8H2,1-4H3,(H,15,16). The second kappa shape index (κ2) is 6.39. The van der Waals surface area contributed by atoms with Crippen LogP contribution >= 0.6 is 0 Å². The van der Waals surface area contributed by atoms with Crippen LogP contribution in [0.2, 0.25) is 0 Å². The molecule has 0 saturated carbocycles. The van der Waals surface area contributed by atoms with Gasteiger partial charge in [-0.2, -0.15) is 5.26 Å². The molecule has 0 aromatic rings. The van der Waals surface area contributed by atoms with Gasteiger partial charge in [0.15, 0.2) is 0 Å². The van der Waals surface area contributed by atoms with E-state index in [0.717, 1.165) is 0 Å². The molecule has 0 heterocycles. The molecule has 0 saturated heterocycles. The number of ether oxygens (including phenoxy) is 1. The predicted molar refractivity (Wildman–Crippen MR) is 65.7 cm³/mol. The van der Waals surface area contributed by atoms with E-state index in [2.05, 4.69) is 6.07 Å². The lowest BCUT2D eigenvalue weighted by atomic mass is 9.83. The SMILES string of the molecule is CC(C)(C#N)CC(C)(C)OC(=O)CCCC(=O)O. The van der Waals surface area contributed by atoms with Crippen molar-refractivity contribution in [2.24, 2.45) is 5.41 Å². The fourth-order valence-electron chi connectivity index (χ4n) is 1.88. The van der Waals surface area contributed by atoms with Crippen LogP contribution in [0.4, 0.5) is 0 Å². The quantitative estimate of drug-likeness (QED) is 0.706. The minimum atomic E-state index is -0.923. The number of hydrogen-bond donors (Lipinski definition) is 1. The van der Waals surface area contributed by atoms with Gasteiger partial charge in [-0.3, -0.25) is 9.59 Å². The number of hydrogen-bond acceptors (Lipinski definition) is 4. The first-order valence-corrected chi connectivity index (χ1v) is 5.93. The summed E-state index contributed by atoms with van der Waals surface area (Å²) in [5.74, 6) is -1.34. The van der Waals surface area contributed by atoms with E-state index in [9.17, 15) is 9.59 Å². The van der Waals surface area contributed by atoms with Crippen LogP contribution in [0.1, 0.15) is 53.4 Å². The van der Waals surface area contributed by atoms with E-state index in [-0.39, 0.29) is 19.3 Å². The van der Waals surface area contributed by atoms with Gasteiger partial charge in [0.1, 0.15) is 5.60 Å². The Morgan fingerprint density at radius 2 is 1.78 bits per heavy atom. The van der Waals surface area contributed by atoms with Gasteiger partial charge in [-0.1, -0.05) is 0 Å². The van der Waals surface area contributed by atoms with Crippen molar-refractivity contribution in [3.63, 3.8) is 0 Å².